The summed E-state index contributed by atoms with van der Waals surface area (Å²) in [4.78, 5) is 10.8. The molecule has 0 aromatic rings. The maximum Gasteiger partial charge on any atom is 0.333 e. The zero-order chi connectivity index (χ0) is 10.5. The second-order valence-electron chi connectivity index (χ2n) is 2.44. The Kier molecular flexibility index (Phi) is 5.02. The maximum atomic E-state index is 10.8. The molecule has 76 valence electrons. The highest BCUT2D eigenvalue weighted by Gasteiger charge is 2.09. The fourth-order valence-corrected chi connectivity index (χ4v) is 1.52. The lowest BCUT2D eigenvalue weighted by atomic mass is 10.2. The van der Waals surface area contributed by atoms with E-state index in [0.717, 1.165) is 0 Å². The van der Waals surface area contributed by atoms with Crippen LogP contribution in [0.15, 0.2) is 12.2 Å². The lowest BCUT2D eigenvalue weighted by molar-refractivity contribution is -0.136. The molecule has 0 aromatic heterocycles. The summed E-state index contributed by atoms with van der Waals surface area (Å²) in [7, 11) is 2.73. The second-order valence-corrected chi connectivity index (χ2v) is 5.34. The molecular formula is C7H11ClO4S. The van der Waals surface area contributed by atoms with Crippen LogP contribution in [0.25, 0.3) is 0 Å². The van der Waals surface area contributed by atoms with Crippen LogP contribution < -0.4 is 0 Å². The van der Waals surface area contributed by atoms with Gasteiger partial charge in [0.05, 0.1) is 12.9 Å². The Morgan fingerprint density at radius 3 is 2.46 bits per heavy atom. The molecule has 0 aliphatic carbocycles. The van der Waals surface area contributed by atoms with Crippen LogP contribution in [-0.2, 0) is 18.6 Å². The third kappa shape index (κ3) is 6.60. The zero-order valence-electron chi connectivity index (χ0n) is 7.25. The number of carbonyl (C=O) groups excluding carboxylic acids is 1. The summed E-state index contributed by atoms with van der Waals surface area (Å²) >= 11 is 0. The van der Waals surface area contributed by atoms with Gasteiger partial charge in [-0.25, -0.2) is 13.2 Å². The molecule has 0 rings (SSSR count). The molecule has 0 N–H and O–H groups in total. The van der Waals surface area contributed by atoms with Crippen LogP contribution in [-0.4, -0.2) is 27.2 Å². The van der Waals surface area contributed by atoms with Crippen molar-refractivity contribution in [2.24, 2.45) is 0 Å². The van der Waals surface area contributed by atoms with Gasteiger partial charge in [-0.05, 0) is 12.8 Å². The molecule has 0 saturated carbocycles. The minimum absolute atomic E-state index is 0.162. The molecule has 0 spiro atoms. The number of rotatable bonds is 5. The summed E-state index contributed by atoms with van der Waals surface area (Å²) in [5, 5.41) is 0. The highest BCUT2D eigenvalue weighted by Crippen LogP contribution is 2.07. The Morgan fingerprint density at radius 1 is 1.54 bits per heavy atom. The fourth-order valence-electron chi connectivity index (χ4n) is 0.704. The molecule has 0 bridgehead atoms. The van der Waals surface area contributed by atoms with Crippen LogP contribution in [0.5, 0.6) is 0 Å². The molecular weight excluding hydrogens is 216 g/mol. The first-order chi connectivity index (χ1) is 5.87. The molecule has 0 aliphatic rings. The number of halogens is 1. The zero-order valence-corrected chi connectivity index (χ0v) is 8.82. The number of carbonyl (C=O) groups is 1. The third-order valence-electron chi connectivity index (χ3n) is 1.34. The molecule has 0 saturated heterocycles. The van der Waals surface area contributed by atoms with Gasteiger partial charge in [-0.2, -0.15) is 0 Å². The van der Waals surface area contributed by atoms with Gasteiger partial charge in [0.15, 0.2) is 0 Å². The molecule has 6 heteroatoms. The number of ether oxygens (including phenoxy) is 1. The molecule has 0 aromatic carbocycles. The first kappa shape index (κ1) is 12.4. The van der Waals surface area contributed by atoms with E-state index in [9.17, 15) is 13.2 Å². The van der Waals surface area contributed by atoms with Gasteiger partial charge in [-0.1, -0.05) is 6.58 Å². The van der Waals surface area contributed by atoms with Gasteiger partial charge in [0, 0.05) is 16.3 Å². The summed E-state index contributed by atoms with van der Waals surface area (Å²) < 4.78 is 25.3. The van der Waals surface area contributed by atoms with Crippen molar-refractivity contribution in [3.8, 4) is 0 Å². The second kappa shape index (κ2) is 5.24. The Morgan fingerprint density at radius 2 is 2.08 bits per heavy atom. The Balaban J connectivity index is 3.79. The monoisotopic (exact) mass is 226 g/mol. The molecule has 0 heterocycles. The standard InChI is InChI=1S/C7H11ClO4S/c1-6(7(9)12-2)4-3-5-13(8,10)11/h1,3-5H2,2H3. The van der Waals surface area contributed by atoms with Crippen molar-refractivity contribution in [2.75, 3.05) is 12.9 Å². The van der Waals surface area contributed by atoms with Crippen molar-refractivity contribution in [2.45, 2.75) is 12.8 Å². The predicted molar refractivity (Wildman–Crippen MR) is 50.0 cm³/mol. The average Bonchev–Trinajstić information content (AvgIpc) is 2.00. The molecule has 0 aliphatic heterocycles. The van der Waals surface area contributed by atoms with Crippen LogP contribution in [0.2, 0.25) is 0 Å². The smallest absolute Gasteiger partial charge is 0.333 e. The van der Waals surface area contributed by atoms with E-state index in [1.54, 1.807) is 0 Å². The van der Waals surface area contributed by atoms with Gasteiger partial charge in [-0.15, -0.1) is 0 Å². The molecule has 0 fully saturated rings. The van der Waals surface area contributed by atoms with Crippen molar-refractivity contribution in [1.29, 1.82) is 0 Å². The lowest BCUT2D eigenvalue weighted by Gasteiger charge is -2.01. The van der Waals surface area contributed by atoms with Gasteiger partial charge < -0.3 is 4.74 Å². The number of methoxy groups -OCH3 is 1. The quantitative estimate of drug-likeness (QED) is 0.400. The van der Waals surface area contributed by atoms with Gasteiger partial charge in [0.1, 0.15) is 0 Å². The normalized spacial score (nSPS) is 10.9. The van der Waals surface area contributed by atoms with E-state index in [2.05, 4.69) is 11.3 Å². The van der Waals surface area contributed by atoms with Crippen molar-refractivity contribution in [1.82, 2.24) is 0 Å². The summed E-state index contributed by atoms with van der Waals surface area (Å²) in [6.07, 6.45) is 0.554. The van der Waals surface area contributed by atoms with Crippen molar-refractivity contribution < 1.29 is 17.9 Å². The topological polar surface area (TPSA) is 60.4 Å². The molecule has 0 atom stereocenters. The van der Waals surface area contributed by atoms with Crippen molar-refractivity contribution >= 4 is 25.7 Å². The number of hydrogen-bond acceptors (Lipinski definition) is 4. The van der Waals surface area contributed by atoms with Gasteiger partial charge in [0.25, 0.3) is 0 Å². The highest BCUT2D eigenvalue weighted by atomic mass is 35.7. The van der Waals surface area contributed by atoms with Gasteiger partial charge in [0.2, 0.25) is 9.05 Å². The van der Waals surface area contributed by atoms with Crippen LogP contribution in [0.3, 0.4) is 0 Å². The Bertz CT molecular complexity index is 294. The number of esters is 1. The van der Waals surface area contributed by atoms with E-state index in [1.165, 1.54) is 7.11 Å². The minimum atomic E-state index is -3.47. The summed E-state index contributed by atoms with van der Waals surface area (Å²) in [6, 6.07) is 0. The summed E-state index contributed by atoms with van der Waals surface area (Å²) in [6.45, 7) is 3.43. The largest absolute Gasteiger partial charge is 0.466 e. The van der Waals surface area contributed by atoms with E-state index in [1.807, 2.05) is 0 Å². The molecule has 4 nitrogen and oxygen atoms in total. The first-order valence-electron chi connectivity index (χ1n) is 3.55. The average molecular weight is 227 g/mol. The van der Waals surface area contributed by atoms with Gasteiger partial charge >= 0.3 is 5.97 Å². The highest BCUT2D eigenvalue weighted by molar-refractivity contribution is 8.13. The van der Waals surface area contributed by atoms with Gasteiger partial charge in [-0.3, -0.25) is 0 Å². The van der Waals surface area contributed by atoms with Crippen molar-refractivity contribution in [3.63, 3.8) is 0 Å². The fraction of sp³-hybridized carbons (Fsp3) is 0.571. The van der Waals surface area contributed by atoms with E-state index in [4.69, 9.17) is 10.7 Å². The van der Waals surface area contributed by atoms with Crippen LogP contribution in [0, 0.1) is 0 Å². The van der Waals surface area contributed by atoms with Crippen LogP contribution in [0.4, 0.5) is 0 Å². The molecule has 0 radical (unpaired) electrons. The summed E-state index contributed by atoms with van der Waals surface area (Å²) in [5.74, 6) is -0.683. The van der Waals surface area contributed by atoms with E-state index in [-0.39, 0.29) is 24.2 Å². The predicted octanol–water partition coefficient (Wildman–Crippen LogP) is 1.06. The van der Waals surface area contributed by atoms with Crippen LogP contribution >= 0.6 is 10.7 Å². The SMILES string of the molecule is C=C(CCCS(=O)(=O)Cl)C(=O)OC. The molecule has 0 unspecified atom stereocenters. The molecule has 0 amide bonds. The van der Waals surface area contributed by atoms with Crippen molar-refractivity contribution in [3.05, 3.63) is 12.2 Å². The Labute approximate surface area is 81.9 Å². The Hall–Kier alpha value is -0.550. The van der Waals surface area contributed by atoms with E-state index < -0.39 is 15.0 Å². The van der Waals surface area contributed by atoms with Crippen LogP contribution in [0.1, 0.15) is 12.8 Å². The maximum absolute atomic E-state index is 10.8. The van der Waals surface area contributed by atoms with E-state index >= 15 is 0 Å². The third-order valence-corrected chi connectivity index (χ3v) is 2.58. The first-order valence-corrected chi connectivity index (χ1v) is 6.03. The van der Waals surface area contributed by atoms with E-state index in [0.29, 0.717) is 0 Å². The summed E-state index contributed by atoms with van der Waals surface area (Å²) in [5.41, 5.74) is 0.253. The molecule has 13 heavy (non-hydrogen) atoms. The number of hydrogen-bond donors (Lipinski definition) is 0. The minimum Gasteiger partial charge on any atom is -0.466 e. The lowest BCUT2D eigenvalue weighted by Crippen LogP contribution is -2.05.